The molecule has 19 heavy (non-hydrogen) atoms. The fourth-order valence-corrected chi connectivity index (χ4v) is 4.31. The molecule has 2 aliphatic heterocycles. The highest BCUT2D eigenvalue weighted by molar-refractivity contribution is 7.87. The third-order valence-corrected chi connectivity index (χ3v) is 5.59. The third kappa shape index (κ3) is 3.66. The summed E-state index contributed by atoms with van der Waals surface area (Å²) in [5.41, 5.74) is 0. The summed E-state index contributed by atoms with van der Waals surface area (Å²) in [5, 5.41) is 0. The number of morpholine rings is 1. The normalized spacial score (nSPS) is 34.8. The molecule has 7 heteroatoms. The predicted molar refractivity (Wildman–Crippen MR) is 74.1 cm³/mol. The van der Waals surface area contributed by atoms with Gasteiger partial charge in [0, 0.05) is 32.2 Å². The van der Waals surface area contributed by atoms with Crippen LogP contribution in [0.5, 0.6) is 0 Å². The van der Waals surface area contributed by atoms with Crippen molar-refractivity contribution in [1.82, 2.24) is 13.9 Å². The molecule has 2 heterocycles. The molecular weight excluding hydrogens is 266 g/mol. The van der Waals surface area contributed by atoms with Crippen LogP contribution in [0.25, 0.3) is 0 Å². The van der Waals surface area contributed by atoms with Crippen LogP contribution >= 0.6 is 0 Å². The second kappa shape index (κ2) is 6.05. The molecular formula is C12H25N3O3S. The number of nitrogens with one attached hydrogen (secondary N) is 1. The zero-order valence-corrected chi connectivity index (χ0v) is 12.8. The number of nitrogens with zero attached hydrogens (tertiary/aromatic N) is 2. The minimum atomic E-state index is -3.39. The van der Waals surface area contributed by atoms with E-state index in [9.17, 15) is 8.42 Å². The maximum atomic E-state index is 12.4. The Morgan fingerprint density at radius 3 is 2.58 bits per heavy atom. The van der Waals surface area contributed by atoms with Crippen LogP contribution in [-0.4, -0.2) is 69.1 Å². The highest BCUT2D eigenvalue weighted by Crippen LogP contribution is 2.18. The summed E-state index contributed by atoms with van der Waals surface area (Å²) in [5.74, 6) is 0.355. The zero-order chi connectivity index (χ0) is 14.0. The Bertz CT molecular complexity index is 401. The molecule has 0 saturated carbocycles. The molecule has 0 radical (unpaired) electrons. The fraction of sp³-hybridized carbons (Fsp3) is 1.00. The van der Waals surface area contributed by atoms with Crippen LogP contribution in [0.3, 0.4) is 0 Å². The van der Waals surface area contributed by atoms with Crippen LogP contribution in [0.1, 0.15) is 20.8 Å². The summed E-state index contributed by atoms with van der Waals surface area (Å²) in [4.78, 5) is 2.28. The molecule has 0 amide bonds. The molecule has 0 aromatic carbocycles. The van der Waals surface area contributed by atoms with E-state index >= 15 is 0 Å². The van der Waals surface area contributed by atoms with Gasteiger partial charge in [-0.2, -0.15) is 17.4 Å². The van der Waals surface area contributed by atoms with E-state index in [1.54, 1.807) is 0 Å². The van der Waals surface area contributed by atoms with E-state index in [1.165, 1.54) is 4.31 Å². The van der Waals surface area contributed by atoms with Crippen molar-refractivity contribution < 1.29 is 13.2 Å². The summed E-state index contributed by atoms with van der Waals surface area (Å²) in [6.45, 7) is 10.2. The van der Waals surface area contributed by atoms with Gasteiger partial charge in [0.15, 0.2) is 0 Å². The quantitative estimate of drug-likeness (QED) is 0.784. The molecule has 3 unspecified atom stereocenters. The lowest BCUT2D eigenvalue weighted by atomic mass is 10.1. The first kappa shape index (κ1) is 15.2. The van der Waals surface area contributed by atoms with E-state index in [-0.39, 0.29) is 12.1 Å². The first-order valence-electron chi connectivity index (χ1n) is 7.03. The molecule has 3 atom stereocenters. The summed E-state index contributed by atoms with van der Waals surface area (Å²) in [6, 6.07) is 0.0168. The minimum absolute atomic E-state index is 0.0168. The van der Waals surface area contributed by atoms with Gasteiger partial charge in [0.25, 0.3) is 10.2 Å². The lowest BCUT2D eigenvalue weighted by Crippen LogP contribution is -2.52. The standard InChI is InChI=1S/C12H25N3O3S/c1-4-14-7-10(2)12(9-14)13-19(16,17)15-5-6-18-11(3)8-15/h10-13H,4-9H2,1-3H3. The highest BCUT2D eigenvalue weighted by atomic mass is 32.2. The molecule has 2 rings (SSSR count). The van der Waals surface area contributed by atoms with Crippen LogP contribution in [0.15, 0.2) is 0 Å². The first-order valence-corrected chi connectivity index (χ1v) is 8.47. The van der Waals surface area contributed by atoms with Gasteiger partial charge < -0.3 is 9.64 Å². The van der Waals surface area contributed by atoms with Gasteiger partial charge in [-0.15, -0.1) is 0 Å². The van der Waals surface area contributed by atoms with E-state index in [1.807, 2.05) is 6.92 Å². The SMILES string of the molecule is CCN1CC(C)C(NS(=O)(=O)N2CCOC(C)C2)C1. The number of likely N-dealkylation sites (tertiary alicyclic amines) is 1. The van der Waals surface area contributed by atoms with E-state index in [0.29, 0.717) is 25.6 Å². The van der Waals surface area contributed by atoms with E-state index in [0.717, 1.165) is 19.6 Å². The number of ether oxygens (including phenoxy) is 1. The van der Waals surface area contributed by atoms with Crippen molar-refractivity contribution in [3.8, 4) is 0 Å². The van der Waals surface area contributed by atoms with Gasteiger partial charge in [-0.3, -0.25) is 0 Å². The van der Waals surface area contributed by atoms with Crippen molar-refractivity contribution >= 4 is 10.2 Å². The van der Waals surface area contributed by atoms with Crippen molar-refractivity contribution in [1.29, 1.82) is 0 Å². The summed E-state index contributed by atoms with van der Waals surface area (Å²) in [6.07, 6.45) is -0.0292. The van der Waals surface area contributed by atoms with Gasteiger partial charge >= 0.3 is 0 Å². The smallest absolute Gasteiger partial charge is 0.279 e. The van der Waals surface area contributed by atoms with Crippen LogP contribution in [0.2, 0.25) is 0 Å². The molecule has 2 fully saturated rings. The second-order valence-electron chi connectivity index (χ2n) is 5.60. The maximum absolute atomic E-state index is 12.4. The lowest BCUT2D eigenvalue weighted by molar-refractivity contribution is 0.00963. The summed E-state index contributed by atoms with van der Waals surface area (Å²) < 4.78 is 34.5. The Kier molecular flexibility index (Phi) is 4.84. The van der Waals surface area contributed by atoms with Crippen molar-refractivity contribution in [2.24, 2.45) is 5.92 Å². The van der Waals surface area contributed by atoms with Crippen molar-refractivity contribution in [3.63, 3.8) is 0 Å². The molecule has 0 aromatic heterocycles. The Hall–Kier alpha value is -0.210. The van der Waals surface area contributed by atoms with Crippen LogP contribution in [-0.2, 0) is 14.9 Å². The predicted octanol–water partition coefficient (Wildman–Crippen LogP) is -0.118. The Morgan fingerprint density at radius 1 is 1.26 bits per heavy atom. The molecule has 0 aromatic rings. The third-order valence-electron chi connectivity index (χ3n) is 3.98. The van der Waals surface area contributed by atoms with Gasteiger partial charge in [-0.25, -0.2) is 0 Å². The van der Waals surface area contributed by atoms with Crippen LogP contribution in [0, 0.1) is 5.92 Å². The largest absolute Gasteiger partial charge is 0.376 e. The van der Waals surface area contributed by atoms with Gasteiger partial charge in [0.2, 0.25) is 0 Å². The topological polar surface area (TPSA) is 61.9 Å². The van der Waals surface area contributed by atoms with E-state index in [2.05, 4.69) is 23.5 Å². The molecule has 112 valence electrons. The Morgan fingerprint density at radius 2 is 2.00 bits per heavy atom. The van der Waals surface area contributed by atoms with Gasteiger partial charge in [0.1, 0.15) is 0 Å². The maximum Gasteiger partial charge on any atom is 0.279 e. The first-order chi connectivity index (χ1) is 8.92. The monoisotopic (exact) mass is 291 g/mol. The second-order valence-corrected chi connectivity index (χ2v) is 7.30. The molecule has 0 spiro atoms. The molecule has 0 bridgehead atoms. The minimum Gasteiger partial charge on any atom is -0.376 e. The summed E-state index contributed by atoms with van der Waals surface area (Å²) in [7, 11) is -3.39. The molecule has 6 nitrogen and oxygen atoms in total. The van der Waals surface area contributed by atoms with E-state index < -0.39 is 10.2 Å². The highest BCUT2D eigenvalue weighted by Gasteiger charge is 2.35. The molecule has 0 aliphatic carbocycles. The van der Waals surface area contributed by atoms with Crippen molar-refractivity contribution in [2.45, 2.75) is 32.9 Å². The number of hydrogen-bond acceptors (Lipinski definition) is 4. The van der Waals surface area contributed by atoms with E-state index in [4.69, 9.17) is 4.74 Å². The van der Waals surface area contributed by atoms with Gasteiger partial charge in [-0.1, -0.05) is 13.8 Å². The Balaban J connectivity index is 1.97. The molecule has 1 N–H and O–H groups in total. The van der Waals surface area contributed by atoms with Crippen molar-refractivity contribution in [2.75, 3.05) is 39.3 Å². The van der Waals surface area contributed by atoms with Gasteiger partial charge in [-0.05, 0) is 19.4 Å². The fourth-order valence-electron chi connectivity index (χ4n) is 2.75. The van der Waals surface area contributed by atoms with Crippen LogP contribution in [0.4, 0.5) is 0 Å². The summed E-state index contributed by atoms with van der Waals surface area (Å²) >= 11 is 0. The number of hydrogen-bond donors (Lipinski definition) is 1. The van der Waals surface area contributed by atoms with Crippen LogP contribution < -0.4 is 4.72 Å². The van der Waals surface area contributed by atoms with Crippen molar-refractivity contribution in [3.05, 3.63) is 0 Å². The zero-order valence-electron chi connectivity index (χ0n) is 12.0. The van der Waals surface area contributed by atoms with Gasteiger partial charge in [0.05, 0.1) is 12.7 Å². The average molecular weight is 291 g/mol. The molecule has 2 aliphatic rings. The Labute approximate surface area is 116 Å². The molecule has 2 saturated heterocycles. The average Bonchev–Trinajstić information content (AvgIpc) is 2.70. The number of rotatable bonds is 4. The lowest BCUT2D eigenvalue weighted by Gasteiger charge is -2.31. The number of likely N-dealkylation sites (N-methyl/N-ethyl adjacent to an activating group) is 1.